The summed E-state index contributed by atoms with van der Waals surface area (Å²) in [5.74, 6) is -3.18. The summed E-state index contributed by atoms with van der Waals surface area (Å²) in [7, 11) is 0. The molecule has 15 rings (SSSR count). The molecule has 29 atom stereocenters. The van der Waals surface area contributed by atoms with E-state index in [-0.39, 0.29) is 115 Å². The van der Waals surface area contributed by atoms with Crippen LogP contribution in [0, 0.1) is 5.92 Å². The molecule has 0 aromatic heterocycles. The number of aliphatic hydroxyl groups is 10. The molecular weight excluding hydrogens is 1530 g/mol. The van der Waals surface area contributed by atoms with Crippen molar-refractivity contribution in [2.24, 2.45) is 5.92 Å². The molecule has 15 aliphatic heterocycles. The Kier molecular flexibility index (Phi) is 31.3. The van der Waals surface area contributed by atoms with Crippen molar-refractivity contribution in [1.82, 2.24) is 0 Å². The molecular formula is C74H130O34S3. The predicted molar refractivity (Wildman–Crippen MR) is 396 cm³/mol. The first-order valence-corrected chi connectivity index (χ1v) is 41.7. The van der Waals surface area contributed by atoms with Gasteiger partial charge in [-0.1, -0.05) is 13.8 Å². The second-order valence-electron chi connectivity index (χ2n) is 34.5. The standard InChI is InChI=1S/C14H26O4.C12H20O6.C12H22O6.C12H20O4S.C9H16O4S.C9H14O4S.C6H12O6/c1-7-10-12(18-14(5,6)16-10)9(2)11-8-15-13(3,4)17-11;1-11(2)14-5-6(16-11)7-8-9(10(13)15-7)18-12(3,4)17-8;1-11(2)15-6-8(17-11)9(14)10-7(5-13)16-12(3,4)18-10;1-11(2)13-5-7(14-11)10-9-8(6-17-10)15-12(3,4)16-9;1-9(2)12-6-4-14-8(5(11)3-10)7(6)13-9;1-5(10)11-8-7-6(4-14-8)12-9(2,3)13-7;7-1-2-3(8)4(9)5(10)6(11)12-2/h9-12H,7-8H2,1-6H3;6-10,13H,5H2,1-4H3;7-10,13-14H,5-6H2,1-4H3;7-10H,5-6H2,1-4H3;5-8,10-11H,3-4H2,1-2H3;6-8H,4H2,1-3H3;2-11H,1H2/t9-,10?,11?,12-;6?,7-,8-,9?,10?;7?,8?,9-,10+;7?,8-,9?,10-;5?,6-,7?,8-;6-,7?,8?;2?,3-,4-,5?,6-/m1110001/s1. The van der Waals surface area contributed by atoms with Crippen LogP contribution in [0.25, 0.3) is 0 Å². The largest absolute Gasteiger partial charge is 0.449 e. The molecule has 0 radical (unpaired) electrons. The molecule has 15 aliphatic rings. The van der Waals surface area contributed by atoms with Crippen molar-refractivity contribution in [3.05, 3.63) is 0 Å². The van der Waals surface area contributed by atoms with E-state index < -0.39 is 138 Å². The summed E-state index contributed by atoms with van der Waals surface area (Å²) < 4.78 is 130. The number of aliphatic hydroxyl groups excluding tert-OH is 10. The van der Waals surface area contributed by atoms with Crippen molar-refractivity contribution in [3.8, 4) is 0 Å². The summed E-state index contributed by atoms with van der Waals surface area (Å²) in [6.07, 6.45) is -11.1. The molecule has 0 amide bonds. The normalized spacial score (nSPS) is 43.9. The Morgan fingerprint density at radius 1 is 0.405 bits per heavy atom. The van der Waals surface area contributed by atoms with Crippen LogP contribution in [0.3, 0.4) is 0 Å². The fourth-order valence-corrected chi connectivity index (χ4v) is 19.7. The van der Waals surface area contributed by atoms with Gasteiger partial charge in [0.2, 0.25) is 0 Å². The van der Waals surface area contributed by atoms with Crippen LogP contribution < -0.4 is 0 Å². The lowest BCUT2D eigenvalue weighted by atomic mass is 9.93. The van der Waals surface area contributed by atoms with Gasteiger partial charge in [0.1, 0.15) is 97.7 Å². The molecule has 111 heavy (non-hydrogen) atoms. The van der Waals surface area contributed by atoms with Gasteiger partial charge in [0.25, 0.3) is 0 Å². The number of thioether (sulfide) groups is 3. The summed E-state index contributed by atoms with van der Waals surface area (Å²) in [5, 5.41) is 92.8. The third-order valence-electron chi connectivity index (χ3n) is 20.4. The minimum atomic E-state index is -1.57. The van der Waals surface area contributed by atoms with Crippen LogP contribution in [-0.2, 0) is 114 Å². The third-order valence-corrected chi connectivity index (χ3v) is 24.6. The van der Waals surface area contributed by atoms with Gasteiger partial charge in [0, 0.05) is 30.1 Å². The van der Waals surface area contributed by atoms with Gasteiger partial charge >= 0.3 is 5.97 Å². The minimum Gasteiger partial charge on any atom is -0.449 e. The van der Waals surface area contributed by atoms with E-state index in [1.54, 1.807) is 51.2 Å². The second kappa shape index (κ2) is 36.9. The number of carbonyl (C=O) groups is 1. The zero-order valence-corrected chi connectivity index (χ0v) is 71.0. The van der Waals surface area contributed by atoms with Crippen LogP contribution in [0.1, 0.15) is 166 Å². The molecule has 15 heterocycles. The fraction of sp³-hybridized carbons (Fsp3) is 0.986. The highest BCUT2D eigenvalue weighted by Gasteiger charge is 2.61. The first-order chi connectivity index (χ1) is 51.2. The second-order valence-corrected chi connectivity index (χ2v) is 38.1. The van der Waals surface area contributed by atoms with Gasteiger partial charge in [-0.25, -0.2) is 0 Å². The van der Waals surface area contributed by atoms with Crippen LogP contribution >= 0.6 is 35.3 Å². The maximum absolute atomic E-state index is 10.8. The molecule has 15 saturated heterocycles. The first-order valence-electron chi connectivity index (χ1n) is 38.5. The quantitative estimate of drug-likeness (QED) is 0.126. The molecule has 0 spiro atoms. The Labute approximate surface area is 664 Å². The van der Waals surface area contributed by atoms with Crippen molar-refractivity contribution in [3.63, 3.8) is 0 Å². The predicted octanol–water partition coefficient (Wildman–Crippen LogP) is 2.76. The maximum Gasteiger partial charge on any atom is 0.303 e. The molecule has 37 heteroatoms. The summed E-state index contributed by atoms with van der Waals surface area (Å²) in [5.41, 5.74) is -0.209. The Morgan fingerprint density at radius 2 is 0.838 bits per heavy atom. The van der Waals surface area contributed by atoms with Gasteiger partial charge in [0.05, 0.1) is 99.5 Å². The van der Waals surface area contributed by atoms with Crippen molar-refractivity contribution >= 4 is 41.3 Å². The molecule has 648 valence electrons. The molecule has 10 N–H and O–H groups in total. The smallest absolute Gasteiger partial charge is 0.303 e. The fourth-order valence-electron chi connectivity index (χ4n) is 15.6. The molecule has 34 nitrogen and oxygen atoms in total. The van der Waals surface area contributed by atoms with E-state index in [9.17, 15) is 25.2 Å². The molecule has 0 aromatic carbocycles. The van der Waals surface area contributed by atoms with E-state index in [0.29, 0.717) is 31.7 Å². The number of fused-ring (bicyclic) bond motifs is 4. The summed E-state index contributed by atoms with van der Waals surface area (Å²) in [6.45, 7) is 44.4. The number of rotatable bonds is 12. The van der Waals surface area contributed by atoms with Crippen LogP contribution in [0.15, 0.2) is 0 Å². The number of hydrogen-bond donors (Lipinski definition) is 10. The molecule has 0 bridgehead atoms. The van der Waals surface area contributed by atoms with Gasteiger partial charge in [-0.3, -0.25) is 4.79 Å². The topological polar surface area (TPSA) is 432 Å². The van der Waals surface area contributed by atoms with Crippen molar-refractivity contribution in [2.75, 3.05) is 63.5 Å². The van der Waals surface area contributed by atoms with E-state index in [4.69, 9.17) is 135 Å². The van der Waals surface area contributed by atoms with E-state index in [0.717, 1.165) is 23.7 Å². The zero-order valence-electron chi connectivity index (χ0n) is 68.5. The van der Waals surface area contributed by atoms with Gasteiger partial charge in [-0.05, 0) is 145 Å². The molecule has 15 unspecified atom stereocenters. The van der Waals surface area contributed by atoms with Crippen molar-refractivity contribution < 1.29 is 165 Å². The van der Waals surface area contributed by atoms with Crippen LogP contribution in [-0.4, -0.2) is 347 Å². The van der Waals surface area contributed by atoms with Crippen LogP contribution in [0.2, 0.25) is 0 Å². The Balaban J connectivity index is 0.000000149. The Bertz CT molecular complexity index is 2870. The lowest BCUT2D eigenvalue weighted by Gasteiger charge is -2.37. The van der Waals surface area contributed by atoms with E-state index in [2.05, 4.69) is 18.6 Å². The Hall–Kier alpha value is -0.760. The Morgan fingerprint density at radius 3 is 1.35 bits per heavy atom. The first kappa shape index (κ1) is 94.1. The van der Waals surface area contributed by atoms with Gasteiger partial charge < -0.3 is 160 Å². The zero-order chi connectivity index (χ0) is 82.5. The van der Waals surface area contributed by atoms with E-state index in [1.165, 1.54) is 6.92 Å². The number of esters is 1. The number of ether oxygens (including phenoxy) is 23. The molecule has 15 fully saturated rings. The minimum absolute atomic E-state index is 0.0550. The highest BCUT2D eigenvalue weighted by molar-refractivity contribution is 8.00. The van der Waals surface area contributed by atoms with Crippen LogP contribution in [0.5, 0.6) is 0 Å². The molecule has 0 aliphatic carbocycles. The van der Waals surface area contributed by atoms with Crippen molar-refractivity contribution in [2.45, 2.75) is 392 Å². The maximum atomic E-state index is 10.8. The van der Waals surface area contributed by atoms with Crippen LogP contribution in [0.4, 0.5) is 0 Å². The molecule has 0 saturated carbocycles. The van der Waals surface area contributed by atoms with E-state index >= 15 is 0 Å². The van der Waals surface area contributed by atoms with E-state index in [1.807, 2.05) is 123 Å². The lowest BCUT2D eigenvalue weighted by molar-refractivity contribution is -0.286. The highest BCUT2D eigenvalue weighted by Crippen LogP contribution is 2.48. The number of hydrogen-bond acceptors (Lipinski definition) is 37. The summed E-state index contributed by atoms with van der Waals surface area (Å²) in [4.78, 5) is 10.8. The average molecular weight is 1660 g/mol. The highest BCUT2D eigenvalue weighted by atomic mass is 32.2. The monoisotopic (exact) mass is 1660 g/mol. The SMILES string of the molecule is CC(=O)OC1SC[C@@H]2OC(C)(C)OC12.CC1(C)OC2[C@H](C(O)CO)SC[C@@H]2O1.CC1(C)OCC([C@@H](O)[C@H]2OC(C)(C)OC2CO)O1.CC1(C)OCC([C@@H]2SC[C@@H]3OC(C)(C)OC23)O1.CC1(C)OCC([C@H]2OC(O)C3OC(C)(C)O[C@@H]32)O1.CCC1OC(C)(C)O[C@@H]1[C@H](C)C1COC(C)(C)O1.OCC1O[C@@H](O)C(O)[C@H](O)[C@@H]1O. The third kappa shape index (κ3) is 24.5. The summed E-state index contributed by atoms with van der Waals surface area (Å²) >= 11 is 5.06. The lowest BCUT2D eigenvalue weighted by Crippen LogP contribution is -2.58. The number of carbonyl (C=O) groups excluding carboxylic acids is 1. The summed E-state index contributed by atoms with van der Waals surface area (Å²) in [6, 6.07) is 0. The van der Waals surface area contributed by atoms with Crippen molar-refractivity contribution in [1.29, 1.82) is 0 Å². The molecule has 0 aromatic rings. The van der Waals surface area contributed by atoms with Gasteiger partial charge in [-0.15, -0.1) is 11.8 Å². The van der Waals surface area contributed by atoms with Gasteiger partial charge in [-0.2, -0.15) is 23.5 Å². The van der Waals surface area contributed by atoms with Gasteiger partial charge in [0.15, 0.2) is 75.9 Å². The average Bonchev–Trinajstić information content (AvgIpc) is 1.61.